The van der Waals surface area contributed by atoms with Gasteiger partial charge in [-0.1, -0.05) is 0 Å². The van der Waals surface area contributed by atoms with E-state index in [-0.39, 0.29) is 18.9 Å². The van der Waals surface area contributed by atoms with E-state index in [4.69, 9.17) is 9.15 Å². The number of rotatable bonds is 7. The second kappa shape index (κ2) is 8.52. The lowest BCUT2D eigenvalue weighted by molar-refractivity contribution is -0.145. The first kappa shape index (κ1) is 17.3. The number of benzene rings is 1. The molecule has 2 aromatic rings. The monoisotopic (exact) mass is 330 g/mol. The van der Waals surface area contributed by atoms with Gasteiger partial charge in [-0.15, -0.1) is 0 Å². The molecule has 1 aromatic carbocycles. The van der Waals surface area contributed by atoms with Crippen LogP contribution in [0.3, 0.4) is 0 Å². The van der Waals surface area contributed by atoms with Gasteiger partial charge in [0, 0.05) is 11.3 Å². The van der Waals surface area contributed by atoms with Crippen LogP contribution < -0.4 is 10.6 Å². The van der Waals surface area contributed by atoms with Crippen molar-refractivity contribution in [3.63, 3.8) is 0 Å². The van der Waals surface area contributed by atoms with Gasteiger partial charge in [-0.3, -0.25) is 14.4 Å². The predicted octanol–water partition coefficient (Wildman–Crippen LogP) is 2.10. The Morgan fingerprint density at radius 1 is 1.12 bits per heavy atom. The van der Waals surface area contributed by atoms with Gasteiger partial charge in [-0.2, -0.15) is 0 Å². The number of hydrogen-bond donors (Lipinski definition) is 2. The first-order chi connectivity index (χ1) is 11.6. The van der Waals surface area contributed by atoms with Gasteiger partial charge in [0.15, 0.2) is 0 Å². The van der Waals surface area contributed by atoms with Crippen LogP contribution in [0, 0.1) is 0 Å². The summed E-state index contributed by atoms with van der Waals surface area (Å²) >= 11 is 0. The van der Waals surface area contributed by atoms with Crippen LogP contribution in [0.2, 0.25) is 0 Å². The molecular weight excluding hydrogens is 312 g/mol. The first-order valence-electron chi connectivity index (χ1n) is 7.44. The predicted molar refractivity (Wildman–Crippen MR) is 86.2 cm³/mol. The lowest BCUT2D eigenvalue weighted by Crippen LogP contribution is -2.22. The number of esters is 1. The third kappa shape index (κ3) is 5.28. The van der Waals surface area contributed by atoms with E-state index < -0.39 is 11.9 Å². The summed E-state index contributed by atoms with van der Waals surface area (Å²) in [7, 11) is 0. The highest BCUT2D eigenvalue weighted by Gasteiger charge is 2.11. The number of furan rings is 1. The van der Waals surface area contributed by atoms with Gasteiger partial charge in [0.25, 0.3) is 5.91 Å². The molecule has 0 aliphatic heterocycles. The van der Waals surface area contributed by atoms with Crippen molar-refractivity contribution in [2.24, 2.45) is 0 Å². The minimum atomic E-state index is -0.580. The Bertz CT molecular complexity index is 692. The molecule has 126 valence electrons. The van der Waals surface area contributed by atoms with Crippen LogP contribution in [0.25, 0.3) is 0 Å². The van der Waals surface area contributed by atoms with Crippen LogP contribution in [0.4, 0.5) is 5.69 Å². The molecule has 2 amide bonds. The minimum Gasteiger partial charge on any atom is -0.467 e. The van der Waals surface area contributed by atoms with Gasteiger partial charge in [0.2, 0.25) is 5.91 Å². The molecule has 0 spiro atoms. The van der Waals surface area contributed by atoms with Crippen LogP contribution in [0.15, 0.2) is 47.1 Å². The molecule has 2 N–H and O–H groups in total. The van der Waals surface area contributed by atoms with Gasteiger partial charge in [-0.05, 0) is 43.3 Å². The van der Waals surface area contributed by atoms with E-state index in [2.05, 4.69) is 10.6 Å². The number of ether oxygens (including phenoxy) is 1. The van der Waals surface area contributed by atoms with E-state index in [1.54, 1.807) is 43.3 Å². The Hall–Kier alpha value is -3.09. The van der Waals surface area contributed by atoms with Crippen LogP contribution in [-0.2, 0) is 20.9 Å². The Morgan fingerprint density at radius 3 is 2.50 bits per heavy atom. The standard InChI is InChI=1S/C17H18N2O5/c1-2-23-16(21)10-15(20)19-13-7-5-12(6-8-13)17(22)18-11-14-4-3-9-24-14/h3-9H,2,10-11H2,1H3,(H,18,22)(H,19,20). The normalized spacial score (nSPS) is 10.0. The molecule has 0 saturated carbocycles. The number of nitrogens with one attached hydrogen (secondary N) is 2. The Morgan fingerprint density at radius 2 is 1.88 bits per heavy atom. The van der Waals surface area contributed by atoms with E-state index in [0.717, 1.165) is 0 Å². The van der Waals surface area contributed by atoms with E-state index in [1.165, 1.54) is 6.26 Å². The van der Waals surface area contributed by atoms with Crippen molar-refractivity contribution in [1.29, 1.82) is 0 Å². The van der Waals surface area contributed by atoms with Crippen LogP contribution >= 0.6 is 0 Å². The van der Waals surface area contributed by atoms with E-state index in [9.17, 15) is 14.4 Å². The summed E-state index contributed by atoms with van der Waals surface area (Å²) < 4.78 is 9.83. The van der Waals surface area contributed by atoms with Crippen LogP contribution in [-0.4, -0.2) is 24.4 Å². The number of amides is 2. The maximum Gasteiger partial charge on any atom is 0.315 e. The van der Waals surface area contributed by atoms with Gasteiger partial charge >= 0.3 is 5.97 Å². The fourth-order valence-corrected chi connectivity index (χ4v) is 1.94. The fraction of sp³-hybridized carbons (Fsp3) is 0.235. The zero-order valence-electron chi connectivity index (χ0n) is 13.2. The second-order valence-corrected chi connectivity index (χ2v) is 4.87. The highest BCUT2D eigenvalue weighted by atomic mass is 16.5. The summed E-state index contributed by atoms with van der Waals surface area (Å²) in [6.07, 6.45) is 1.19. The number of carbonyl (C=O) groups excluding carboxylic acids is 3. The molecule has 0 bridgehead atoms. The minimum absolute atomic E-state index is 0.230. The van der Waals surface area contributed by atoms with Crippen molar-refractivity contribution in [3.8, 4) is 0 Å². The summed E-state index contributed by atoms with van der Waals surface area (Å²) in [5, 5.41) is 5.29. The van der Waals surface area contributed by atoms with Crippen molar-refractivity contribution in [2.75, 3.05) is 11.9 Å². The molecule has 0 atom stereocenters. The molecular formula is C17H18N2O5. The van der Waals surface area contributed by atoms with Crippen molar-refractivity contribution in [1.82, 2.24) is 5.32 Å². The summed E-state index contributed by atoms with van der Waals surface area (Å²) in [6, 6.07) is 9.85. The number of anilines is 1. The average Bonchev–Trinajstić information content (AvgIpc) is 3.06. The van der Waals surface area contributed by atoms with Gasteiger partial charge in [0.05, 0.1) is 19.4 Å². The molecule has 0 saturated heterocycles. The molecule has 24 heavy (non-hydrogen) atoms. The number of hydrogen-bond acceptors (Lipinski definition) is 5. The summed E-state index contributed by atoms with van der Waals surface area (Å²) in [6.45, 7) is 2.20. The van der Waals surface area contributed by atoms with E-state index in [0.29, 0.717) is 23.6 Å². The Labute approximate surface area is 139 Å². The molecule has 1 heterocycles. The van der Waals surface area contributed by atoms with Gasteiger partial charge in [0.1, 0.15) is 12.2 Å². The zero-order chi connectivity index (χ0) is 17.4. The quantitative estimate of drug-likeness (QED) is 0.598. The summed E-state index contributed by atoms with van der Waals surface area (Å²) in [5.74, 6) is -0.644. The lowest BCUT2D eigenvalue weighted by Gasteiger charge is -2.07. The smallest absolute Gasteiger partial charge is 0.315 e. The van der Waals surface area contributed by atoms with Crippen LogP contribution in [0.5, 0.6) is 0 Å². The van der Waals surface area contributed by atoms with Crippen molar-refractivity contribution < 1.29 is 23.5 Å². The Kier molecular flexibility index (Phi) is 6.13. The molecule has 0 radical (unpaired) electrons. The van der Waals surface area contributed by atoms with Crippen molar-refractivity contribution >= 4 is 23.5 Å². The van der Waals surface area contributed by atoms with E-state index >= 15 is 0 Å². The second-order valence-electron chi connectivity index (χ2n) is 4.87. The third-order valence-electron chi connectivity index (χ3n) is 3.04. The topological polar surface area (TPSA) is 97.6 Å². The van der Waals surface area contributed by atoms with Crippen LogP contribution in [0.1, 0.15) is 29.5 Å². The lowest BCUT2D eigenvalue weighted by atomic mass is 10.2. The average molecular weight is 330 g/mol. The molecule has 0 fully saturated rings. The first-order valence-corrected chi connectivity index (χ1v) is 7.44. The molecule has 0 unspecified atom stereocenters. The maximum absolute atomic E-state index is 12.0. The highest BCUT2D eigenvalue weighted by molar-refractivity contribution is 6.02. The van der Waals surface area contributed by atoms with Crippen molar-refractivity contribution in [2.45, 2.75) is 19.9 Å². The molecule has 0 aliphatic rings. The summed E-state index contributed by atoms with van der Waals surface area (Å²) in [4.78, 5) is 34.9. The van der Waals surface area contributed by atoms with Crippen molar-refractivity contribution in [3.05, 3.63) is 54.0 Å². The SMILES string of the molecule is CCOC(=O)CC(=O)Nc1ccc(C(=O)NCc2ccco2)cc1. The third-order valence-corrected chi connectivity index (χ3v) is 3.04. The number of carbonyl (C=O) groups is 3. The molecule has 7 nitrogen and oxygen atoms in total. The van der Waals surface area contributed by atoms with Gasteiger partial charge < -0.3 is 19.8 Å². The largest absolute Gasteiger partial charge is 0.467 e. The molecule has 7 heteroatoms. The summed E-state index contributed by atoms with van der Waals surface area (Å²) in [5.41, 5.74) is 0.942. The molecule has 1 aromatic heterocycles. The zero-order valence-corrected chi connectivity index (χ0v) is 13.2. The van der Waals surface area contributed by atoms with Gasteiger partial charge in [-0.25, -0.2) is 0 Å². The van der Waals surface area contributed by atoms with E-state index in [1.807, 2.05) is 0 Å². The fourth-order valence-electron chi connectivity index (χ4n) is 1.94. The highest BCUT2D eigenvalue weighted by Crippen LogP contribution is 2.10. The molecule has 2 rings (SSSR count). The molecule has 0 aliphatic carbocycles. The Balaban J connectivity index is 1.84. The maximum atomic E-state index is 12.0.